The van der Waals surface area contributed by atoms with E-state index in [1.165, 1.54) is 16.9 Å². The summed E-state index contributed by atoms with van der Waals surface area (Å²) in [7, 11) is 0. The quantitative estimate of drug-likeness (QED) is 0.554. The number of nitrogens with one attached hydrogen (secondary N) is 1. The molecule has 3 heterocycles. The fourth-order valence-electron chi connectivity index (χ4n) is 3.91. The van der Waals surface area contributed by atoms with Crippen LogP contribution in [-0.4, -0.2) is 20.4 Å². The monoisotopic (exact) mass is 408 g/mol. The first-order chi connectivity index (χ1) is 14.1. The molecule has 0 atom stereocenters. The molecule has 1 amide bonds. The lowest BCUT2D eigenvalue weighted by molar-refractivity contribution is -0.116. The van der Waals surface area contributed by atoms with Crippen molar-refractivity contribution >= 4 is 44.2 Å². The molecule has 0 aliphatic heterocycles. The lowest BCUT2D eigenvalue weighted by Gasteiger charge is -2.10. The lowest BCUT2D eigenvalue weighted by Crippen LogP contribution is -2.24. The fraction of sp³-hybridized carbons (Fsp3) is 0.333. The first-order valence-electron chi connectivity index (χ1n) is 9.75. The van der Waals surface area contributed by atoms with Gasteiger partial charge in [0, 0.05) is 30.5 Å². The molecule has 0 saturated carbocycles. The van der Waals surface area contributed by atoms with E-state index < -0.39 is 0 Å². The van der Waals surface area contributed by atoms with Crippen LogP contribution in [-0.2, 0) is 24.2 Å². The van der Waals surface area contributed by atoms with Gasteiger partial charge in [-0.3, -0.25) is 14.2 Å². The van der Waals surface area contributed by atoms with Gasteiger partial charge in [-0.1, -0.05) is 0 Å². The zero-order valence-electron chi connectivity index (χ0n) is 16.0. The highest BCUT2D eigenvalue weighted by molar-refractivity contribution is 7.18. The number of carbonyl (C=O) groups excluding carboxylic acids is 1. The van der Waals surface area contributed by atoms with Gasteiger partial charge in [0.25, 0.3) is 5.56 Å². The maximum absolute atomic E-state index is 13.0. The minimum Gasteiger partial charge on any atom is -0.441 e. The van der Waals surface area contributed by atoms with Gasteiger partial charge in [-0.2, -0.15) is 0 Å². The Kier molecular flexibility index (Phi) is 4.43. The number of hydrogen-bond donors (Lipinski definition) is 1. The highest BCUT2D eigenvalue weighted by atomic mass is 32.1. The maximum Gasteiger partial charge on any atom is 0.262 e. The van der Waals surface area contributed by atoms with Crippen molar-refractivity contribution in [1.29, 1.82) is 0 Å². The van der Waals surface area contributed by atoms with Crippen LogP contribution < -0.4 is 10.9 Å². The molecule has 8 heteroatoms. The predicted octanol–water partition coefficient (Wildman–Crippen LogP) is 3.82. The van der Waals surface area contributed by atoms with Gasteiger partial charge in [-0.25, -0.2) is 9.97 Å². The minimum absolute atomic E-state index is 0.0401. The van der Waals surface area contributed by atoms with Gasteiger partial charge in [-0.15, -0.1) is 11.3 Å². The van der Waals surface area contributed by atoms with Crippen LogP contribution in [0.2, 0.25) is 0 Å². The second-order valence-electron chi connectivity index (χ2n) is 7.35. The zero-order valence-corrected chi connectivity index (χ0v) is 16.8. The maximum atomic E-state index is 13.0. The SMILES string of the molecule is Cc1nc2cc(NC(=O)CCn3cnc4sc5c(c4c3=O)CCCC5)ccc2o1. The van der Waals surface area contributed by atoms with Gasteiger partial charge in [-0.05, 0) is 49.4 Å². The summed E-state index contributed by atoms with van der Waals surface area (Å²) >= 11 is 1.63. The van der Waals surface area contributed by atoms with E-state index in [0.29, 0.717) is 29.2 Å². The Morgan fingerprint density at radius 2 is 2.17 bits per heavy atom. The summed E-state index contributed by atoms with van der Waals surface area (Å²) in [4.78, 5) is 36.2. The number of aryl methyl sites for hydroxylation is 4. The van der Waals surface area contributed by atoms with Gasteiger partial charge in [0.2, 0.25) is 5.91 Å². The Bertz CT molecular complexity index is 1300. The van der Waals surface area contributed by atoms with Crippen LogP contribution in [0, 0.1) is 6.92 Å². The third kappa shape index (κ3) is 3.33. The summed E-state index contributed by atoms with van der Waals surface area (Å²) in [5.74, 6) is 0.422. The van der Waals surface area contributed by atoms with Gasteiger partial charge < -0.3 is 9.73 Å². The van der Waals surface area contributed by atoms with Crippen molar-refractivity contribution in [2.24, 2.45) is 0 Å². The first-order valence-corrected chi connectivity index (χ1v) is 10.6. The summed E-state index contributed by atoms with van der Waals surface area (Å²) in [5.41, 5.74) is 3.17. The summed E-state index contributed by atoms with van der Waals surface area (Å²) in [6.07, 6.45) is 6.02. The van der Waals surface area contributed by atoms with Gasteiger partial charge in [0.05, 0.1) is 11.7 Å². The summed E-state index contributed by atoms with van der Waals surface area (Å²) in [6.45, 7) is 2.08. The van der Waals surface area contributed by atoms with E-state index in [0.717, 1.165) is 29.5 Å². The van der Waals surface area contributed by atoms with Crippen molar-refractivity contribution in [2.45, 2.75) is 45.6 Å². The number of oxazole rings is 1. The van der Waals surface area contributed by atoms with Crippen LogP contribution in [0.4, 0.5) is 5.69 Å². The van der Waals surface area contributed by atoms with Crippen LogP contribution in [0.15, 0.2) is 33.7 Å². The standard InChI is InChI=1S/C21H20N4O3S/c1-12-23-15-10-13(6-7-16(15)28-12)24-18(26)8-9-25-11-22-20-19(21(25)27)14-4-2-3-5-17(14)29-20/h6-7,10-11H,2-5,8-9H2,1H3,(H,24,26). The molecule has 29 heavy (non-hydrogen) atoms. The Balaban J connectivity index is 1.32. The molecule has 1 aromatic carbocycles. The molecule has 1 aliphatic rings. The van der Waals surface area contributed by atoms with E-state index >= 15 is 0 Å². The molecular formula is C21H20N4O3S. The highest BCUT2D eigenvalue weighted by Crippen LogP contribution is 2.33. The van der Waals surface area contributed by atoms with Gasteiger partial charge in [0.15, 0.2) is 11.5 Å². The number of rotatable bonds is 4. The molecule has 3 aromatic heterocycles. The lowest BCUT2D eigenvalue weighted by atomic mass is 9.97. The highest BCUT2D eigenvalue weighted by Gasteiger charge is 2.20. The Morgan fingerprint density at radius 3 is 3.07 bits per heavy atom. The average Bonchev–Trinajstić information content (AvgIpc) is 3.26. The largest absolute Gasteiger partial charge is 0.441 e. The number of aromatic nitrogens is 3. The Hall–Kier alpha value is -3.00. The number of thiophene rings is 1. The molecule has 0 saturated heterocycles. The summed E-state index contributed by atoms with van der Waals surface area (Å²) in [6, 6.07) is 5.34. The van der Waals surface area contributed by atoms with E-state index in [1.807, 2.05) is 0 Å². The summed E-state index contributed by atoms with van der Waals surface area (Å²) in [5, 5.41) is 3.61. The van der Waals surface area contributed by atoms with E-state index in [1.54, 1.807) is 47.4 Å². The molecule has 0 unspecified atom stereocenters. The molecule has 4 aromatic rings. The second-order valence-corrected chi connectivity index (χ2v) is 8.43. The molecule has 0 spiro atoms. The zero-order chi connectivity index (χ0) is 20.0. The van der Waals surface area contributed by atoms with Gasteiger partial charge >= 0.3 is 0 Å². The second kappa shape index (κ2) is 7.11. The smallest absolute Gasteiger partial charge is 0.262 e. The van der Waals surface area contributed by atoms with Crippen LogP contribution >= 0.6 is 11.3 Å². The van der Waals surface area contributed by atoms with E-state index in [2.05, 4.69) is 15.3 Å². The summed E-state index contributed by atoms with van der Waals surface area (Å²) < 4.78 is 7.00. The molecule has 0 bridgehead atoms. The van der Waals surface area contributed by atoms with Crippen molar-refractivity contribution in [3.63, 3.8) is 0 Å². The van der Waals surface area contributed by atoms with Crippen LogP contribution in [0.3, 0.4) is 0 Å². The van der Waals surface area contributed by atoms with E-state index in [-0.39, 0.29) is 17.9 Å². The molecule has 0 fully saturated rings. The third-order valence-corrected chi connectivity index (χ3v) is 6.50. The molecule has 1 N–H and O–H groups in total. The number of carbonyl (C=O) groups is 1. The van der Waals surface area contributed by atoms with E-state index in [9.17, 15) is 9.59 Å². The molecule has 5 rings (SSSR count). The van der Waals surface area contributed by atoms with Gasteiger partial charge in [0.1, 0.15) is 10.3 Å². The minimum atomic E-state index is -0.163. The van der Waals surface area contributed by atoms with Crippen molar-refractivity contribution in [3.05, 3.63) is 51.2 Å². The van der Waals surface area contributed by atoms with Crippen molar-refractivity contribution < 1.29 is 9.21 Å². The number of hydrogen-bond acceptors (Lipinski definition) is 6. The van der Waals surface area contributed by atoms with Crippen molar-refractivity contribution in [2.75, 3.05) is 5.32 Å². The normalized spacial score (nSPS) is 13.7. The molecule has 0 radical (unpaired) electrons. The average molecular weight is 408 g/mol. The third-order valence-electron chi connectivity index (χ3n) is 5.30. The van der Waals surface area contributed by atoms with Crippen molar-refractivity contribution in [1.82, 2.24) is 14.5 Å². The predicted molar refractivity (Wildman–Crippen MR) is 113 cm³/mol. The topological polar surface area (TPSA) is 90.0 Å². The molecule has 148 valence electrons. The van der Waals surface area contributed by atoms with Crippen LogP contribution in [0.5, 0.6) is 0 Å². The number of anilines is 1. The first kappa shape index (κ1) is 18.1. The Labute approximate surface area is 170 Å². The van der Waals surface area contributed by atoms with Crippen LogP contribution in [0.25, 0.3) is 21.3 Å². The van der Waals surface area contributed by atoms with E-state index in [4.69, 9.17) is 4.42 Å². The molecule has 1 aliphatic carbocycles. The molecular weight excluding hydrogens is 388 g/mol. The number of fused-ring (bicyclic) bond motifs is 4. The number of nitrogens with zero attached hydrogens (tertiary/aromatic N) is 3. The number of amides is 1. The van der Waals surface area contributed by atoms with Crippen molar-refractivity contribution in [3.8, 4) is 0 Å². The number of benzene rings is 1. The Morgan fingerprint density at radius 1 is 1.31 bits per heavy atom. The fourth-order valence-corrected chi connectivity index (χ4v) is 5.13. The molecule has 7 nitrogen and oxygen atoms in total. The van der Waals surface area contributed by atoms with Crippen LogP contribution in [0.1, 0.15) is 35.6 Å².